The van der Waals surface area contributed by atoms with E-state index in [2.05, 4.69) is 32.2 Å². The van der Waals surface area contributed by atoms with E-state index in [-0.39, 0.29) is 11.9 Å². The second kappa shape index (κ2) is 5.40. The molecule has 1 saturated heterocycles. The summed E-state index contributed by atoms with van der Waals surface area (Å²) in [5, 5.41) is 12.1. The number of anilines is 1. The third-order valence-corrected chi connectivity index (χ3v) is 3.51. The van der Waals surface area contributed by atoms with Crippen LogP contribution in [-0.4, -0.2) is 25.0 Å². The summed E-state index contributed by atoms with van der Waals surface area (Å²) in [4.78, 5) is 13.2. The molecule has 0 radical (unpaired) electrons. The van der Waals surface area contributed by atoms with Crippen LogP contribution >= 0.6 is 15.9 Å². The summed E-state index contributed by atoms with van der Waals surface area (Å²) < 4.78 is 0.903. The van der Waals surface area contributed by atoms with Crippen molar-refractivity contribution in [1.29, 1.82) is 5.26 Å². The first kappa shape index (κ1) is 12.9. The SMILES string of the molecule is CC(=O)NC1CCN(c2ccc(Br)cc2C#N)C1. The maximum absolute atomic E-state index is 11.0. The molecule has 1 aromatic rings. The highest BCUT2D eigenvalue weighted by molar-refractivity contribution is 9.10. The summed E-state index contributed by atoms with van der Waals surface area (Å²) in [5.74, 6) is -0.00170. The van der Waals surface area contributed by atoms with Crippen LogP contribution in [0.25, 0.3) is 0 Å². The predicted molar refractivity (Wildman–Crippen MR) is 73.3 cm³/mol. The normalized spacial score (nSPS) is 18.5. The fourth-order valence-corrected chi connectivity index (χ4v) is 2.62. The molecule has 0 aliphatic carbocycles. The lowest BCUT2D eigenvalue weighted by Crippen LogP contribution is -2.35. The Balaban J connectivity index is 2.14. The van der Waals surface area contributed by atoms with Crippen molar-refractivity contribution in [3.05, 3.63) is 28.2 Å². The predicted octanol–water partition coefficient (Wildman–Crippen LogP) is 2.04. The third-order valence-electron chi connectivity index (χ3n) is 3.02. The number of nitrogens with zero attached hydrogens (tertiary/aromatic N) is 2. The molecule has 5 heteroatoms. The van der Waals surface area contributed by atoms with Crippen molar-refractivity contribution >= 4 is 27.5 Å². The minimum Gasteiger partial charge on any atom is -0.368 e. The van der Waals surface area contributed by atoms with E-state index in [0.29, 0.717) is 5.56 Å². The number of nitriles is 1. The van der Waals surface area contributed by atoms with Crippen LogP contribution in [0.4, 0.5) is 5.69 Å². The van der Waals surface area contributed by atoms with Gasteiger partial charge in [0, 0.05) is 30.5 Å². The molecule has 2 rings (SSSR count). The molecule has 1 atom stereocenters. The molecule has 1 aliphatic heterocycles. The van der Waals surface area contributed by atoms with E-state index in [1.807, 2.05) is 18.2 Å². The molecule has 0 bridgehead atoms. The van der Waals surface area contributed by atoms with E-state index in [1.165, 1.54) is 6.92 Å². The summed E-state index contributed by atoms with van der Waals surface area (Å²) in [5.41, 5.74) is 1.60. The van der Waals surface area contributed by atoms with Gasteiger partial charge < -0.3 is 10.2 Å². The van der Waals surface area contributed by atoms with Crippen LogP contribution in [0.2, 0.25) is 0 Å². The van der Waals surface area contributed by atoms with Crippen LogP contribution in [0.3, 0.4) is 0 Å². The van der Waals surface area contributed by atoms with E-state index in [1.54, 1.807) is 0 Å². The first-order chi connectivity index (χ1) is 8.60. The van der Waals surface area contributed by atoms with Gasteiger partial charge in [0.1, 0.15) is 6.07 Å². The van der Waals surface area contributed by atoms with Crippen LogP contribution < -0.4 is 10.2 Å². The largest absolute Gasteiger partial charge is 0.368 e. The number of benzene rings is 1. The molecular weight excluding hydrogens is 294 g/mol. The standard InChI is InChI=1S/C13H14BrN3O/c1-9(18)16-12-4-5-17(8-12)13-3-2-11(14)6-10(13)7-15/h2-3,6,12H,4-5,8H2,1H3,(H,16,18). The lowest BCUT2D eigenvalue weighted by atomic mass is 10.2. The molecule has 94 valence electrons. The van der Waals surface area contributed by atoms with Crippen LogP contribution in [0.5, 0.6) is 0 Å². The molecule has 0 aromatic heterocycles. The van der Waals surface area contributed by atoms with Gasteiger partial charge in [-0.2, -0.15) is 5.26 Å². The average molecular weight is 308 g/mol. The van der Waals surface area contributed by atoms with Crippen molar-refractivity contribution in [3.8, 4) is 6.07 Å². The van der Waals surface area contributed by atoms with E-state index in [4.69, 9.17) is 5.26 Å². The Labute approximate surface area is 115 Å². The monoisotopic (exact) mass is 307 g/mol. The maximum atomic E-state index is 11.0. The summed E-state index contributed by atoms with van der Waals surface area (Å²) in [6, 6.07) is 8.08. The van der Waals surface area contributed by atoms with Gasteiger partial charge in [0.25, 0.3) is 0 Å². The first-order valence-electron chi connectivity index (χ1n) is 5.82. The van der Waals surface area contributed by atoms with Crippen molar-refractivity contribution in [3.63, 3.8) is 0 Å². The molecule has 1 heterocycles. The zero-order chi connectivity index (χ0) is 13.1. The Hall–Kier alpha value is -1.54. The number of nitrogens with one attached hydrogen (secondary N) is 1. The highest BCUT2D eigenvalue weighted by Crippen LogP contribution is 2.27. The lowest BCUT2D eigenvalue weighted by molar-refractivity contribution is -0.119. The van der Waals surface area contributed by atoms with E-state index >= 15 is 0 Å². The molecule has 1 aliphatic rings. The summed E-state index contributed by atoms with van der Waals surface area (Å²) >= 11 is 3.36. The zero-order valence-electron chi connectivity index (χ0n) is 10.1. The topological polar surface area (TPSA) is 56.1 Å². The number of carbonyl (C=O) groups excluding carboxylic acids is 1. The smallest absolute Gasteiger partial charge is 0.217 e. The fraction of sp³-hybridized carbons (Fsp3) is 0.385. The van der Waals surface area contributed by atoms with Crippen LogP contribution in [0.1, 0.15) is 18.9 Å². The molecule has 4 nitrogen and oxygen atoms in total. The van der Waals surface area contributed by atoms with Crippen molar-refractivity contribution in [2.24, 2.45) is 0 Å². The third kappa shape index (κ3) is 2.82. The number of hydrogen-bond donors (Lipinski definition) is 1. The first-order valence-corrected chi connectivity index (χ1v) is 6.61. The molecular formula is C13H14BrN3O. The Morgan fingerprint density at radius 1 is 1.61 bits per heavy atom. The van der Waals surface area contributed by atoms with Gasteiger partial charge in [-0.25, -0.2) is 0 Å². The van der Waals surface area contributed by atoms with Crippen molar-refractivity contribution in [2.45, 2.75) is 19.4 Å². The molecule has 18 heavy (non-hydrogen) atoms. The maximum Gasteiger partial charge on any atom is 0.217 e. The number of hydrogen-bond acceptors (Lipinski definition) is 3. The fourth-order valence-electron chi connectivity index (χ4n) is 2.26. The number of halogens is 1. The molecule has 1 unspecified atom stereocenters. The second-order valence-corrected chi connectivity index (χ2v) is 5.32. The summed E-state index contributed by atoms with van der Waals surface area (Å²) in [6.07, 6.45) is 0.917. The van der Waals surface area contributed by atoms with Crippen LogP contribution in [0.15, 0.2) is 22.7 Å². The van der Waals surface area contributed by atoms with Gasteiger partial charge in [-0.3, -0.25) is 4.79 Å². The Morgan fingerprint density at radius 2 is 2.39 bits per heavy atom. The van der Waals surface area contributed by atoms with Gasteiger partial charge >= 0.3 is 0 Å². The van der Waals surface area contributed by atoms with E-state index < -0.39 is 0 Å². The Kier molecular flexibility index (Phi) is 3.87. The van der Waals surface area contributed by atoms with Gasteiger partial charge in [0.2, 0.25) is 5.91 Å². The van der Waals surface area contributed by atoms with Crippen molar-refractivity contribution < 1.29 is 4.79 Å². The molecule has 1 N–H and O–H groups in total. The number of rotatable bonds is 2. The average Bonchev–Trinajstić information content (AvgIpc) is 2.76. The van der Waals surface area contributed by atoms with Crippen molar-refractivity contribution in [1.82, 2.24) is 5.32 Å². The van der Waals surface area contributed by atoms with Crippen molar-refractivity contribution in [2.75, 3.05) is 18.0 Å². The van der Waals surface area contributed by atoms with Gasteiger partial charge in [0.15, 0.2) is 0 Å². The molecule has 1 aromatic carbocycles. The van der Waals surface area contributed by atoms with Crippen LogP contribution in [-0.2, 0) is 4.79 Å². The number of carbonyl (C=O) groups is 1. The lowest BCUT2D eigenvalue weighted by Gasteiger charge is -2.20. The molecule has 1 fully saturated rings. The Morgan fingerprint density at radius 3 is 3.06 bits per heavy atom. The van der Waals surface area contributed by atoms with Crippen LogP contribution in [0, 0.1) is 11.3 Å². The van der Waals surface area contributed by atoms with Gasteiger partial charge in [-0.15, -0.1) is 0 Å². The quantitative estimate of drug-likeness (QED) is 0.909. The van der Waals surface area contributed by atoms with Gasteiger partial charge in [-0.05, 0) is 24.6 Å². The molecule has 0 spiro atoms. The number of amides is 1. The van der Waals surface area contributed by atoms with Gasteiger partial charge in [0.05, 0.1) is 11.3 Å². The second-order valence-electron chi connectivity index (χ2n) is 4.41. The molecule has 1 amide bonds. The van der Waals surface area contributed by atoms with E-state index in [0.717, 1.165) is 29.7 Å². The molecule has 0 saturated carbocycles. The Bertz CT molecular complexity index is 509. The highest BCUT2D eigenvalue weighted by Gasteiger charge is 2.24. The minimum absolute atomic E-state index is 0.00170. The summed E-state index contributed by atoms with van der Waals surface area (Å²) in [7, 11) is 0. The minimum atomic E-state index is -0.00170. The van der Waals surface area contributed by atoms with Gasteiger partial charge in [-0.1, -0.05) is 15.9 Å². The van der Waals surface area contributed by atoms with E-state index in [9.17, 15) is 4.79 Å². The highest BCUT2D eigenvalue weighted by atomic mass is 79.9. The summed E-state index contributed by atoms with van der Waals surface area (Å²) in [6.45, 7) is 3.15. The zero-order valence-corrected chi connectivity index (χ0v) is 11.7.